The molecule has 6 aromatic rings. The van der Waals surface area contributed by atoms with Crippen molar-refractivity contribution in [1.82, 2.24) is 0 Å². The van der Waals surface area contributed by atoms with Crippen LogP contribution in [0, 0.1) is 0 Å². The average Bonchev–Trinajstić information content (AvgIpc) is 2.93. The number of fused-ring (bicyclic) bond motifs is 4. The molecule has 2 heterocycles. The fraction of sp³-hybridized carbons (Fsp3) is 0.125. The predicted octanol–water partition coefficient (Wildman–Crippen LogP) is 7.23. The van der Waals surface area contributed by atoms with Crippen molar-refractivity contribution in [2.24, 2.45) is 0 Å². The van der Waals surface area contributed by atoms with Crippen LogP contribution in [0.25, 0.3) is 55.0 Å². The van der Waals surface area contributed by atoms with Crippen LogP contribution in [-0.2, 0) is 0 Å². The van der Waals surface area contributed by atoms with E-state index in [-0.39, 0.29) is 0 Å². The van der Waals surface area contributed by atoms with Crippen molar-refractivity contribution in [3.8, 4) is 22.3 Å². The summed E-state index contributed by atoms with van der Waals surface area (Å²) in [4.78, 5) is 27.9. The zero-order valence-corrected chi connectivity index (χ0v) is 20.7. The van der Waals surface area contributed by atoms with Crippen LogP contribution in [0.15, 0.2) is 109 Å². The maximum Gasteiger partial charge on any atom is 0.344 e. The summed E-state index contributed by atoms with van der Waals surface area (Å²) in [6.45, 7) is 5.95. The highest BCUT2D eigenvalue weighted by Crippen LogP contribution is 2.30. The molecule has 6 rings (SSSR count). The van der Waals surface area contributed by atoms with Gasteiger partial charge in [0.05, 0.1) is 11.1 Å². The van der Waals surface area contributed by atoms with E-state index < -0.39 is 11.3 Å². The zero-order chi connectivity index (χ0) is 25.5. The van der Waals surface area contributed by atoms with E-state index in [0.29, 0.717) is 22.3 Å². The molecule has 0 saturated carbocycles. The molecule has 0 aliphatic carbocycles. The molecule has 0 amide bonds. The molecule has 0 atom stereocenters. The van der Waals surface area contributed by atoms with Gasteiger partial charge in [-0.15, -0.1) is 0 Å². The molecule has 0 aliphatic rings. The van der Waals surface area contributed by atoms with Gasteiger partial charge in [0.2, 0.25) is 0 Å². The molecule has 0 N–H and O–H groups in total. The quantitative estimate of drug-likeness (QED) is 0.190. The van der Waals surface area contributed by atoms with Crippen molar-refractivity contribution < 1.29 is 8.83 Å². The summed E-state index contributed by atoms with van der Waals surface area (Å²) in [7, 11) is 0. The largest absolute Gasteiger partial charge is 0.422 e. The second-order valence-electron chi connectivity index (χ2n) is 9.07. The van der Waals surface area contributed by atoms with Gasteiger partial charge >= 0.3 is 11.3 Å². The van der Waals surface area contributed by atoms with Crippen molar-refractivity contribution in [2.75, 3.05) is 18.0 Å². The van der Waals surface area contributed by atoms with Crippen molar-refractivity contribution >= 4 is 38.4 Å². The molecule has 0 radical (unpaired) electrons. The predicted molar refractivity (Wildman–Crippen MR) is 150 cm³/mol. The van der Waals surface area contributed by atoms with Gasteiger partial charge in [0.1, 0.15) is 11.2 Å². The van der Waals surface area contributed by atoms with Crippen molar-refractivity contribution in [3.63, 3.8) is 0 Å². The van der Waals surface area contributed by atoms with Gasteiger partial charge < -0.3 is 13.7 Å². The lowest BCUT2D eigenvalue weighted by molar-refractivity contribution is 0.563. The summed E-state index contributed by atoms with van der Waals surface area (Å²) in [5.41, 5.74) is 3.76. The lowest BCUT2D eigenvalue weighted by Crippen LogP contribution is -2.21. The highest BCUT2D eigenvalue weighted by molar-refractivity contribution is 6.06. The van der Waals surface area contributed by atoms with E-state index in [1.54, 1.807) is 0 Å². The summed E-state index contributed by atoms with van der Waals surface area (Å²) >= 11 is 0. The maximum atomic E-state index is 12.9. The second-order valence-corrected chi connectivity index (χ2v) is 9.07. The number of anilines is 1. The molecule has 5 nitrogen and oxygen atoms in total. The van der Waals surface area contributed by atoms with Gasteiger partial charge in [0.15, 0.2) is 0 Å². The number of hydrogen-bond donors (Lipinski definition) is 0. The summed E-state index contributed by atoms with van der Waals surface area (Å²) in [5.74, 6) is 0. The average molecular weight is 488 g/mol. The molecule has 0 unspecified atom stereocenters. The second kappa shape index (κ2) is 9.10. The number of hydrogen-bond acceptors (Lipinski definition) is 5. The SMILES string of the molecule is CCN(CC)c1ccc2cc(-c3ccc(-c4cc5c(ccc6ccccc65)oc4=O)cc3)c(=O)oc2c1. The molecule has 0 saturated heterocycles. The normalized spacial score (nSPS) is 11.4. The molecular weight excluding hydrogens is 462 g/mol. The third kappa shape index (κ3) is 3.99. The Kier molecular flexibility index (Phi) is 5.61. The van der Waals surface area contributed by atoms with Crippen LogP contribution in [0.1, 0.15) is 13.8 Å². The van der Waals surface area contributed by atoms with Crippen LogP contribution >= 0.6 is 0 Å². The minimum Gasteiger partial charge on any atom is -0.422 e. The molecule has 182 valence electrons. The third-order valence-electron chi connectivity index (χ3n) is 7.00. The summed E-state index contributed by atoms with van der Waals surface area (Å²) in [6.07, 6.45) is 0. The zero-order valence-electron chi connectivity index (χ0n) is 20.7. The van der Waals surface area contributed by atoms with Crippen LogP contribution in [-0.4, -0.2) is 13.1 Å². The van der Waals surface area contributed by atoms with Gasteiger partial charge in [0.25, 0.3) is 0 Å². The summed E-state index contributed by atoms with van der Waals surface area (Å²) in [5, 5.41) is 3.85. The van der Waals surface area contributed by atoms with Crippen LogP contribution in [0.3, 0.4) is 0 Å². The molecule has 37 heavy (non-hydrogen) atoms. The van der Waals surface area contributed by atoms with E-state index >= 15 is 0 Å². The lowest BCUT2D eigenvalue weighted by atomic mass is 9.99. The summed E-state index contributed by atoms with van der Waals surface area (Å²) in [6, 6.07) is 28.8. The van der Waals surface area contributed by atoms with Crippen molar-refractivity contribution in [1.29, 1.82) is 0 Å². The first-order chi connectivity index (χ1) is 18.1. The Morgan fingerprint density at radius 2 is 1.22 bits per heavy atom. The topological polar surface area (TPSA) is 63.7 Å². The molecule has 5 heteroatoms. The van der Waals surface area contributed by atoms with Gasteiger partial charge in [-0.3, -0.25) is 0 Å². The molecule has 0 fully saturated rings. The molecule has 2 aromatic heterocycles. The van der Waals surface area contributed by atoms with E-state index in [1.165, 1.54) is 0 Å². The fourth-order valence-electron chi connectivity index (χ4n) is 4.99. The van der Waals surface area contributed by atoms with Gasteiger partial charge in [-0.1, -0.05) is 54.6 Å². The molecule has 4 aromatic carbocycles. The number of rotatable bonds is 5. The van der Waals surface area contributed by atoms with Gasteiger partial charge in [-0.05, 0) is 66.1 Å². The molecule has 0 aliphatic heterocycles. The Balaban J connectivity index is 1.40. The first-order valence-corrected chi connectivity index (χ1v) is 12.4. The molecule has 0 bridgehead atoms. The van der Waals surface area contributed by atoms with E-state index in [0.717, 1.165) is 51.4 Å². The third-order valence-corrected chi connectivity index (χ3v) is 7.00. The Morgan fingerprint density at radius 3 is 1.92 bits per heavy atom. The van der Waals surface area contributed by atoms with Crippen LogP contribution in [0.2, 0.25) is 0 Å². The van der Waals surface area contributed by atoms with Crippen LogP contribution in [0.5, 0.6) is 0 Å². The standard InChI is InChI=1S/C32H25NO4/c1-3-33(4-2)24-15-13-23-17-26(31(34)37-30(23)18-24)21-9-11-22(12-10-21)27-19-28-25-8-6-5-7-20(25)14-16-29(28)36-32(27)35/h5-19H,3-4H2,1-2H3. The Morgan fingerprint density at radius 1 is 0.595 bits per heavy atom. The molecule has 0 spiro atoms. The van der Waals surface area contributed by atoms with E-state index in [2.05, 4.69) is 18.7 Å². The summed E-state index contributed by atoms with van der Waals surface area (Å²) < 4.78 is 11.4. The Hall–Kier alpha value is -4.64. The van der Waals surface area contributed by atoms with E-state index in [4.69, 9.17) is 8.83 Å². The van der Waals surface area contributed by atoms with Crippen LogP contribution in [0.4, 0.5) is 5.69 Å². The van der Waals surface area contributed by atoms with Gasteiger partial charge in [-0.25, -0.2) is 9.59 Å². The molecular formula is C32H25NO4. The minimum absolute atomic E-state index is 0.395. The van der Waals surface area contributed by atoms with Gasteiger partial charge in [-0.2, -0.15) is 0 Å². The van der Waals surface area contributed by atoms with Crippen molar-refractivity contribution in [3.05, 3.63) is 112 Å². The lowest BCUT2D eigenvalue weighted by Gasteiger charge is -2.21. The number of nitrogens with zero attached hydrogens (tertiary/aromatic N) is 1. The van der Waals surface area contributed by atoms with E-state index in [1.807, 2.05) is 91.0 Å². The van der Waals surface area contributed by atoms with Gasteiger partial charge in [0, 0.05) is 35.6 Å². The first kappa shape index (κ1) is 22.8. The Labute approximate surface area is 213 Å². The minimum atomic E-state index is -0.398. The maximum absolute atomic E-state index is 12.9. The van der Waals surface area contributed by atoms with Crippen LogP contribution < -0.4 is 16.2 Å². The Bertz CT molecular complexity index is 1890. The number of benzene rings is 4. The fourth-order valence-corrected chi connectivity index (χ4v) is 4.99. The first-order valence-electron chi connectivity index (χ1n) is 12.4. The highest BCUT2D eigenvalue weighted by Gasteiger charge is 2.13. The smallest absolute Gasteiger partial charge is 0.344 e. The van der Waals surface area contributed by atoms with Crippen molar-refractivity contribution in [2.45, 2.75) is 13.8 Å². The monoisotopic (exact) mass is 487 g/mol. The highest BCUT2D eigenvalue weighted by atomic mass is 16.4. The van der Waals surface area contributed by atoms with E-state index in [9.17, 15) is 9.59 Å².